The van der Waals surface area contributed by atoms with Crippen molar-refractivity contribution in [1.82, 2.24) is 0 Å². The summed E-state index contributed by atoms with van der Waals surface area (Å²) >= 11 is 7.43. The number of anilines is 1. The van der Waals surface area contributed by atoms with Crippen molar-refractivity contribution in [2.24, 2.45) is 0 Å². The van der Waals surface area contributed by atoms with E-state index in [1.165, 1.54) is 12.1 Å². The number of halogens is 1. The molecule has 0 saturated carbocycles. The monoisotopic (exact) mass is 509 g/mol. The summed E-state index contributed by atoms with van der Waals surface area (Å²) in [6.07, 6.45) is 0. The summed E-state index contributed by atoms with van der Waals surface area (Å²) in [5.41, 5.74) is 1.25. The average molecular weight is 510 g/mol. The number of hydrogen-bond acceptors (Lipinski definition) is 7. The molecule has 0 atom stereocenters. The molecule has 1 amide bonds. The zero-order valence-electron chi connectivity index (χ0n) is 18.5. The molecule has 0 radical (unpaired) electrons. The quantitative estimate of drug-likeness (QED) is 0.301. The molecule has 3 aromatic carbocycles. The lowest BCUT2D eigenvalue weighted by molar-refractivity contribution is -0.119. The van der Waals surface area contributed by atoms with Crippen LogP contribution in [-0.2, 0) is 14.3 Å². The van der Waals surface area contributed by atoms with Gasteiger partial charge in [0.05, 0.1) is 6.61 Å². The number of fused-ring (bicyclic) bond motifs is 1. The molecule has 9 heteroatoms. The Morgan fingerprint density at radius 3 is 2.34 bits per heavy atom. The standard InChI is InChI=1S/C26H20ClNO6S/c1-2-33-26(32)23-19(17-9-5-6-10-20(17)27)14-35-24(23)28-22(30)13-34-25(31)18-11-15-7-3-4-8-16(15)12-21(18)29/h3-12,14,29H,2,13H2,1H3,(H,28,30). The van der Waals surface area contributed by atoms with Gasteiger partial charge in [-0.3, -0.25) is 4.79 Å². The van der Waals surface area contributed by atoms with Crippen molar-refractivity contribution in [1.29, 1.82) is 0 Å². The van der Waals surface area contributed by atoms with Gasteiger partial charge in [-0.2, -0.15) is 0 Å². The molecular weight excluding hydrogens is 490 g/mol. The first kappa shape index (κ1) is 24.3. The van der Waals surface area contributed by atoms with Gasteiger partial charge in [-0.15, -0.1) is 11.3 Å². The zero-order valence-corrected chi connectivity index (χ0v) is 20.1. The van der Waals surface area contributed by atoms with Gasteiger partial charge in [0.15, 0.2) is 6.61 Å². The van der Waals surface area contributed by atoms with E-state index in [1.807, 2.05) is 6.07 Å². The number of amides is 1. The number of phenolic OH excluding ortho intramolecular Hbond substituents is 1. The molecule has 4 rings (SSSR count). The van der Waals surface area contributed by atoms with E-state index in [2.05, 4.69) is 5.32 Å². The molecule has 178 valence electrons. The lowest BCUT2D eigenvalue weighted by Gasteiger charge is -2.10. The third kappa shape index (κ3) is 5.29. The maximum absolute atomic E-state index is 12.7. The highest BCUT2D eigenvalue weighted by Crippen LogP contribution is 2.39. The second-order valence-corrected chi connectivity index (χ2v) is 8.68. The highest BCUT2D eigenvalue weighted by Gasteiger charge is 2.24. The van der Waals surface area contributed by atoms with Gasteiger partial charge in [0.1, 0.15) is 21.9 Å². The Kier molecular flexibility index (Phi) is 7.33. The number of rotatable bonds is 7. The molecular formula is C26H20ClNO6S. The van der Waals surface area contributed by atoms with E-state index in [9.17, 15) is 19.5 Å². The van der Waals surface area contributed by atoms with E-state index in [1.54, 1.807) is 54.8 Å². The van der Waals surface area contributed by atoms with Crippen LogP contribution in [0.15, 0.2) is 66.0 Å². The second-order valence-electron chi connectivity index (χ2n) is 7.39. The molecule has 0 saturated heterocycles. The maximum atomic E-state index is 12.7. The summed E-state index contributed by atoms with van der Waals surface area (Å²) in [6, 6.07) is 17.2. The summed E-state index contributed by atoms with van der Waals surface area (Å²) in [5.74, 6) is -2.37. The van der Waals surface area contributed by atoms with Crippen LogP contribution < -0.4 is 5.32 Å². The minimum Gasteiger partial charge on any atom is -0.507 e. The molecule has 4 aromatic rings. The van der Waals surface area contributed by atoms with Crippen molar-refractivity contribution in [3.05, 3.63) is 82.2 Å². The molecule has 2 N–H and O–H groups in total. The van der Waals surface area contributed by atoms with Crippen molar-refractivity contribution < 1.29 is 29.0 Å². The van der Waals surface area contributed by atoms with Crippen LogP contribution in [0.4, 0.5) is 5.00 Å². The lowest BCUT2D eigenvalue weighted by atomic mass is 10.0. The molecule has 0 fully saturated rings. The predicted molar refractivity (Wildman–Crippen MR) is 135 cm³/mol. The van der Waals surface area contributed by atoms with Gasteiger partial charge in [-0.1, -0.05) is 54.1 Å². The minimum absolute atomic E-state index is 0.0548. The summed E-state index contributed by atoms with van der Waals surface area (Å²) in [4.78, 5) is 37.8. The first-order valence-corrected chi connectivity index (χ1v) is 11.9. The zero-order chi connectivity index (χ0) is 24.9. The fourth-order valence-electron chi connectivity index (χ4n) is 3.50. The molecule has 0 aliphatic carbocycles. The van der Waals surface area contributed by atoms with E-state index in [0.717, 1.165) is 22.1 Å². The van der Waals surface area contributed by atoms with Crippen molar-refractivity contribution in [2.75, 3.05) is 18.5 Å². The molecule has 1 aromatic heterocycles. The number of phenols is 1. The van der Waals surface area contributed by atoms with Gasteiger partial charge < -0.3 is 19.9 Å². The van der Waals surface area contributed by atoms with E-state index >= 15 is 0 Å². The number of carbonyl (C=O) groups excluding carboxylic acids is 3. The summed E-state index contributed by atoms with van der Waals surface area (Å²) in [7, 11) is 0. The normalized spacial score (nSPS) is 10.7. The molecule has 0 spiro atoms. The molecule has 0 aliphatic rings. The maximum Gasteiger partial charge on any atom is 0.342 e. The fraction of sp³-hybridized carbons (Fsp3) is 0.115. The number of carbonyl (C=O) groups is 3. The van der Waals surface area contributed by atoms with Crippen molar-refractivity contribution in [3.63, 3.8) is 0 Å². The Bertz CT molecular complexity index is 1430. The molecule has 1 heterocycles. The Labute approximate surface area is 209 Å². The van der Waals surface area contributed by atoms with Crippen LogP contribution in [0.25, 0.3) is 21.9 Å². The topological polar surface area (TPSA) is 102 Å². The average Bonchev–Trinajstić information content (AvgIpc) is 3.25. The fourth-order valence-corrected chi connectivity index (χ4v) is 4.70. The minimum atomic E-state index is -0.850. The predicted octanol–water partition coefficient (Wildman–Crippen LogP) is 5.90. The van der Waals surface area contributed by atoms with Crippen LogP contribution in [0.2, 0.25) is 5.02 Å². The van der Waals surface area contributed by atoms with Crippen LogP contribution in [-0.4, -0.2) is 36.2 Å². The number of thiophene rings is 1. The number of nitrogens with one attached hydrogen (secondary N) is 1. The highest BCUT2D eigenvalue weighted by atomic mass is 35.5. The van der Waals surface area contributed by atoms with Gasteiger partial charge in [-0.25, -0.2) is 9.59 Å². The largest absolute Gasteiger partial charge is 0.507 e. The van der Waals surface area contributed by atoms with Gasteiger partial charge >= 0.3 is 11.9 Å². The summed E-state index contributed by atoms with van der Waals surface area (Å²) < 4.78 is 10.3. The smallest absolute Gasteiger partial charge is 0.342 e. The van der Waals surface area contributed by atoms with Crippen molar-refractivity contribution >= 4 is 56.6 Å². The second kappa shape index (κ2) is 10.6. The van der Waals surface area contributed by atoms with Gasteiger partial charge in [0.2, 0.25) is 0 Å². The van der Waals surface area contributed by atoms with Gasteiger partial charge in [0, 0.05) is 21.5 Å². The van der Waals surface area contributed by atoms with E-state index in [0.29, 0.717) is 16.1 Å². The number of esters is 2. The SMILES string of the molecule is CCOC(=O)c1c(-c2ccccc2Cl)csc1NC(=O)COC(=O)c1cc2ccccc2cc1O. The summed E-state index contributed by atoms with van der Waals surface area (Å²) in [5, 5.41) is 16.7. The van der Waals surface area contributed by atoms with Crippen LogP contribution in [0, 0.1) is 0 Å². The van der Waals surface area contributed by atoms with E-state index in [-0.39, 0.29) is 28.5 Å². The number of aromatic hydroxyl groups is 1. The molecule has 0 unspecified atom stereocenters. The Morgan fingerprint density at radius 2 is 1.63 bits per heavy atom. The van der Waals surface area contributed by atoms with Crippen LogP contribution in [0.3, 0.4) is 0 Å². The van der Waals surface area contributed by atoms with Gasteiger partial charge in [-0.05, 0) is 35.9 Å². The van der Waals surface area contributed by atoms with Crippen LogP contribution >= 0.6 is 22.9 Å². The van der Waals surface area contributed by atoms with E-state index in [4.69, 9.17) is 21.1 Å². The third-order valence-electron chi connectivity index (χ3n) is 5.11. The molecule has 7 nitrogen and oxygen atoms in total. The lowest BCUT2D eigenvalue weighted by Crippen LogP contribution is -2.21. The first-order valence-electron chi connectivity index (χ1n) is 10.6. The number of ether oxygens (including phenoxy) is 2. The highest BCUT2D eigenvalue weighted by molar-refractivity contribution is 7.15. The molecule has 0 bridgehead atoms. The van der Waals surface area contributed by atoms with Crippen molar-refractivity contribution in [3.8, 4) is 16.9 Å². The van der Waals surface area contributed by atoms with E-state index < -0.39 is 24.5 Å². The molecule has 35 heavy (non-hydrogen) atoms. The Hall–Kier alpha value is -3.88. The van der Waals surface area contributed by atoms with Crippen LogP contribution in [0.5, 0.6) is 5.75 Å². The third-order valence-corrected chi connectivity index (χ3v) is 6.33. The van der Waals surface area contributed by atoms with Gasteiger partial charge in [0.25, 0.3) is 5.91 Å². The first-order chi connectivity index (χ1) is 16.9. The Balaban J connectivity index is 1.51. The van der Waals surface area contributed by atoms with Crippen molar-refractivity contribution in [2.45, 2.75) is 6.92 Å². The van der Waals surface area contributed by atoms with Crippen LogP contribution in [0.1, 0.15) is 27.6 Å². The molecule has 0 aliphatic heterocycles. The number of hydrogen-bond donors (Lipinski definition) is 2. The summed E-state index contributed by atoms with van der Waals surface area (Å²) in [6.45, 7) is 1.21. The Morgan fingerprint density at radius 1 is 0.943 bits per heavy atom. The number of benzene rings is 3.